The van der Waals surface area contributed by atoms with Crippen LogP contribution in [0.25, 0.3) is 0 Å². The Bertz CT molecular complexity index is 345. The van der Waals surface area contributed by atoms with Crippen molar-refractivity contribution < 1.29 is 0 Å². The zero-order valence-corrected chi connectivity index (χ0v) is 12.5. The summed E-state index contributed by atoms with van der Waals surface area (Å²) in [6, 6.07) is 9.78. The van der Waals surface area contributed by atoms with Gasteiger partial charge in [0.2, 0.25) is 0 Å². The molecular formula is C16H28N2. The number of nitrogens with one attached hydrogen (secondary N) is 1. The van der Waals surface area contributed by atoms with Crippen LogP contribution in [0.4, 0.5) is 5.69 Å². The third kappa shape index (κ3) is 3.49. The van der Waals surface area contributed by atoms with Crippen molar-refractivity contribution in [3.8, 4) is 0 Å². The minimum absolute atomic E-state index is 0.442. The number of benzene rings is 1. The van der Waals surface area contributed by atoms with E-state index in [2.05, 4.69) is 62.3 Å². The fourth-order valence-corrected chi connectivity index (χ4v) is 2.53. The summed E-state index contributed by atoms with van der Waals surface area (Å²) in [5.41, 5.74) is 2.77. The van der Waals surface area contributed by atoms with E-state index in [1.54, 1.807) is 0 Å². The quantitative estimate of drug-likeness (QED) is 0.785. The molecule has 0 amide bonds. The Morgan fingerprint density at radius 3 is 2.44 bits per heavy atom. The topological polar surface area (TPSA) is 15.3 Å². The first-order chi connectivity index (χ1) is 8.65. The Kier molecular flexibility index (Phi) is 6.20. The van der Waals surface area contributed by atoms with Gasteiger partial charge in [-0.1, -0.05) is 38.5 Å². The number of hydrogen-bond donors (Lipinski definition) is 1. The third-order valence-electron chi connectivity index (χ3n) is 3.82. The van der Waals surface area contributed by atoms with Gasteiger partial charge in [-0.25, -0.2) is 0 Å². The molecule has 2 atom stereocenters. The van der Waals surface area contributed by atoms with E-state index in [1.165, 1.54) is 24.1 Å². The van der Waals surface area contributed by atoms with Crippen molar-refractivity contribution >= 4 is 5.69 Å². The number of rotatable bonds is 7. The van der Waals surface area contributed by atoms with E-state index in [0.717, 1.165) is 6.42 Å². The van der Waals surface area contributed by atoms with E-state index in [1.807, 2.05) is 7.05 Å². The minimum atomic E-state index is 0.442. The molecule has 0 radical (unpaired) electrons. The highest BCUT2D eigenvalue weighted by Crippen LogP contribution is 2.29. The predicted molar refractivity (Wildman–Crippen MR) is 81.3 cm³/mol. The molecule has 0 saturated heterocycles. The van der Waals surface area contributed by atoms with Gasteiger partial charge in [0.05, 0.1) is 0 Å². The van der Waals surface area contributed by atoms with Gasteiger partial charge in [-0.3, -0.25) is 0 Å². The van der Waals surface area contributed by atoms with E-state index in [0.29, 0.717) is 12.1 Å². The Hall–Kier alpha value is -1.02. The Morgan fingerprint density at radius 1 is 1.22 bits per heavy atom. The first-order valence-corrected chi connectivity index (χ1v) is 7.14. The molecule has 0 bridgehead atoms. The molecular weight excluding hydrogens is 220 g/mol. The van der Waals surface area contributed by atoms with Crippen LogP contribution in [0.5, 0.6) is 0 Å². The summed E-state index contributed by atoms with van der Waals surface area (Å²) in [6.45, 7) is 6.78. The van der Waals surface area contributed by atoms with Crippen molar-refractivity contribution in [2.45, 2.75) is 52.1 Å². The minimum Gasteiger partial charge on any atom is -0.372 e. The molecule has 0 aromatic heterocycles. The van der Waals surface area contributed by atoms with Crippen LogP contribution in [-0.4, -0.2) is 20.1 Å². The highest BCUT2D eigenvalue weighted by molar-refractivity contribution is 5.55. The van der Waals surface area contributed by atoms with Crippen LogP contribution in [0.2, 0.25) is 0 Å². The maximum Gasteiger partial charge on any atom is 0.0414 e. The molecule has 0 aliphatic rings. The second-order valence-electron chi connectivity index (χ2n) is 5.06. The molecule has 0 aliphatic heterocycles. The third-order valence-corrected chi connectivity index (χ3v) is 3.82. The van der Waals surface area contributed by atoms with E-state index >= 15 is 0 Å². The molecule has 1 aromatic rings. The van der Waals surface area contributed by atoms with Crippen molar-refractivity contribution in [2.75, 3.05) is 19.0 Å². The molecule has 0 spiro atoms. The number of nitrogens with zero attached hydrogens (tertiary/aromatic N) is 1. The average Bonchev–Trinajstić information content (AvgIpc) is 2.40. The van der Waals surface area contributed by atoms with Crippen molar-refractivity contribution in [3.05, 3.63) is 29.8 Å². The number of para-hydroxylation sites is 1. The maximum absolute atomic E-state index is 3.41. The van der Waals surface area contributed by atoms with Gasteiger partial charge in [-0.2, -0.15) is 0 Å². The molecule has 1 N–H and O–H groups in total. The lowest BCUT2D eigenvalue weighted by molar-refractivity contribution is 0.566. The summed E-state index contributed by atoms with van der Waals surface area (Å²) in [7, 11) is 4.25. The zero-order chi connectivity index (χ0) is 13.5. The van der Waals surface area contributed by atoms with E-state index in [-0.39, 0.29) is 0 Å². The lowest BCUT2D eigenvalue weighted by Gasteiger charge is -2.31. The lowest BCUT2D eigenvalue weighted by atomic mass is 10.0. The predicted octanol–water partition coefficient (Wildman–Crippen LogP) is 3.98. The molecule has 1 rings (SSSR count). The second kappa shape index (κ2) is 7.42. The maximum atomic E-state index is 3.41. The molecule has 0 heterocycles. The molecule has 0 aliphatic carbocycles. The van der Waals surface area contributed by atoms with Crippen LogP contribution in [0.15, 0.2) is 24.3 Å². The van der Waals surface area contributed by atoms with Crippen LogP contribution in [0, 0.1) is 0 Å². The molecule has 0 saturated carbocycles. The van der Waals surface area contributed by atoms with Crippen LogP contribution in [0.1, 0.15) is 51.6 Å². The molecule has 2 nitrogen and oxygen atoms in total. The summed E-state index contributed by atoms with van der Waals surface area (Å²) < 4.78 is 0. The van der Waals surface area contributed by atoms with Gasteiger partial charge in [0, 0.05) is 24.8 Å². The second-order valence-corrected chi connectivity index (χ2v) is 5.06. The van der Waals surface area contributed by atoms with E-state index in [9.17, 15) is 0 Å². The largest absolute Gasteiger partial charge is 0.372 e. The van der Waals surface area contributed by atoms with Crippen LogP contribution in [-0.2, 0) is 0 Å². The fraction of sp³-hybridized carbons (Fsp3) is 0.625. The molecule has 18 heavy (non-hydrogen) atoms. The average molecular weight is 248 g/mol. The molecule has 1 aromatic carbocycles. The van der Waals surface area contributed by atoms with Gasteiger partial charge in [0.1, 0.15) is 0 Å². The van der Waals surface area contributed by atoms with Gasteiger partial charge < -0.3 is 10.2 Å². The van der Waals surface area contributed by atoms with E-state index in [4.69, 9.17) is 0 Å². The summed E-state index contributed by atoms with van der Waals surface area (Å²) in [4.78, 5) is 2.42. The summed E-state index contributed by atoms with van der Waals surface area (Å²) in [6.07, 6.45) is 3.58. The highest BCUT2D eigenvalue weighted by Gasteiger charge is 2.16. The fourth-order valence-electron chi connectivity index (χ4n) is 2.53. The Morgan fingerprint density at radius 2 is 1.89 bits per heavy atom. The van der Waals surface area contributed by atoms with Gasteiger partial charge >= 0.3 is 0 Å². The van der Waals surface area contributed by atoms with E-state index < -0.39 is 0 Å². The monoisotopic (exact) mass is 248 g/mol. The van der Waals surface area contributed by atoms with Crippen LogP contribution in [0.3, 0.4) is 0 Å². The number of anilines is 1. The Labute approximate surface area is 112 Å². The van der Waals surface area contributed by atoms with Crippen molar-refractivity contribution in [1.29, 1.82) is 0 Å². The van der Waals surface area contributed by atoms with Gasteiger partial charge in [0.15, 0.2) is 0 Å². The van der Waals surface area contributed by atoms with Crippen molar-refractivity contribution in [3.63, 3.8) is 0 Å². The first-order valence-electron chi connectivity index (χ1n) is 7.14. The lowest BCUT2D eigenvalue weighted by Crippen LogP contribution is -2.30. The summed E-state index contributed by atoms with van der Waals surface area (Å²) in [5, 5.41) is 3.41. The molecule has 2 unspecified atom stereocenters. The SMILES string of the molecule is CCCC(C)N(C)c1ccccc1C(CC)NC. The van der Waals surface area contributed by atoms with Crippen molar-refractivity contribution in [1.82, 2.24) is 5.32 Å². The normalized spacial score (nSPS) is 14.3. The summed E-state index contributed by atoms with van der Waals surface area (Å²) in [5.74, 6) is 0. The van der Waals surface area contributed by atoms with Gasteiger partial charge in [0.25, 0.3) is 0 Å². The van der Waals surface area contributed by atoms with Crippen molar-refractivity contribution in [2.24, 2.45) is 0 Å². The molecule has 2 heteroatoms. The smallest absolute Gasteiger partial charge is 0.0414 e. The van der Waals surface area contributed by atoms with Gasteiger partial charge in [-0.15, -0.1) is 0 Å². The van der Waals surface area contributed by atoms with Crippen LogP contribution >= 0.6 is 0 Å². The first kappa shape index (κ1) is 15.0. The summed E-state index contributed by atoms with van der Waals surface area (Å²) >= 11 is 0. The highest BCUT2D eigenvalue weighted by atomic mass is 15.1. The molecule has 0 fully saturated rings. The standard InChI is InChI=1S/C16H28N2/c1-6-10-13(3)18(5)16-12-9-8-11-14(16)15(7-2)17-4/h8-9,11-13,15,17H,6-7,10H2,1-5H3. The van der Waals surface area contributed by atoms with Crippen LogP contribution < -0.4 is 10.2 Å². The Balaban J connectivity index is 3.00. The number of hydrogen-bond acceptors (Lipinski definition) is 2. The molecule has 102 valence electrons. The zero-order valence-electron chi connectivity index (χ0n) is 12.5. The van der Waals surface area contributed by atoms with Gasteiger partial charge in [-0.05, 0) is 38.4 Å².